The number of carbonyl (C=O) groups is 1. The van der Waals surface area contributed by atoms with Crippen LogP contribution in [0.4, 0.5) is 0 Å². The maximum atomic E-state index is 12.6. The van der Waals surface area contributed by atoms with Gasteiger partial charge in [0.05, 0.1) is 0 Å². The Morgan fingerprint density at radius 1 is 1.21 bits per heavy atom. The molecule has 1 saturated heterocycles. The van der Waals surface area contributed by atoms with E-state index in [1.54, 1.807) is 11.6 Å². The van der Waals surface area contributed by atoms with Crippen molar-refractivity contribution in [1.82, 2.24) is 23.6 Å². The first kappa shape index (κ1) is 16.9. The lowest BCUT2D eigenvalue weighted by Gasteiger charge is -2.30. The summed E-state index contributed by atoms with van der Waals surface area (Å²) in [5.41, 5.74) is -0.382. The monoisotopic (exact) mass is 397 g/mol. The van der Waals surface area contributed by atoms with Crippen molar-refractivity contribution in [2.75, 3.05) is 13.1 Å². The van der Waals surface area contributed by atoms with Gasteiger partial charge >= 0.3 is 5.69 Å². The summed E-state index contributed by atoms with van der Waals surface area (Å²) in [5, 5.41) is 0. The lowest BCUT2D eigenvalue weighted by Crippen LogP contribution is -2.40. The lowest BCUT2D eigenvalue weighted by molar-refractivity contribution is -0.133. The predicted octanol–water partition coefficient (Wildman–Crippen LogP) is 0.455. The molecule has 0 aromatic carbocycles. The molecule has 8 nitrogen and oxygen atoms in total. The average Bonchev–Trinajstić information content (AvgIpc) is 2.88. The number of rotatable bonds is 2. The van der Waals surface area contributed by atoms with Crippen LogP contribution in [0.25, 0.3) is 11.2 Å². The molecule has 0 unspecified atom stereocenters. The number of halogens is 1. The minimum absolute atomic E-state index is 0.0324. The maximum absolute atomic E-state index is 12.6. The van der Waals surface area contributed by atoms with E-state index < -0.39 is 11.2 Å². The summed E-state index contributed by atoms with van der Waals surface area (Å²) in [6.07, 6.45) is 1.99. The number of aromatic nitrogens is 4. The number of imidazole rings is 1. The van der Waals surface area contributed by atoms with Crippen molar-refractivity contribution < 1.29 is 4.79 Å². The van der Waals surface area contributed by atoms with Gasteiger partial charge in [0.2, 0.25) is 5.91 Å². The molecule has 0 atom stereocenters. The molecular formula is C15H20BrN5O3. The van der Waals surface area contributed by atoms with Gasteiger partial charge < -0.3 is 4.90 Å². The Labute approximate surface area is 146 Å². The second-order valence-electron chi connectivity index (χ2n) is 6.41. The van der Waals surface area contributed by atoms with Gasteiger partial charge in [0.15, 0.2) is 15.9 Å². The number of nitrogens with zero attached hydrogens (tertiary/aromatic N) is 5. The summed E-state index contributed by atoms with van der Waals surface area (Å²) in [6, 6.07) is 0. The van der Waals surface area contributed by atoms with Crippen molar-refractivity contribution in [3.05, 3.63) is 25.6 Å². The van der Waals surface area contributed by atoms with Crippen LogP contribution in [0.5, 0.6) is 0 Å². The molecule has 1 fully saturated rings. The summed E-state index contributed by atoms with van der Waals surface area (Å²) in [7, 11) is 2.98. The van der Waals surface area contributed by atoms with E-state index in [1.807, 2.05) is 4.90 Å². The van der Waals surface area contributed by atoms with Gasteiger partial charge in [-0.15, -0.1) is 0 Å². The van der Waals surface area contributed by atoms with Crippen LogP contribution in [0, 0.1) is 5.92 Å². The molecule has 0 radical (unpaired) electrons. The third kappa shape index (κ3) is 2.70. The average molecular weight is 398 g/mol. The molecule has 0 saturated carbocycles. The van der Waals surface area contributed by atoms with Crippen LogP contribution in [0.15, 0.2) is 14.3 Å². The van der Waals surface area contributed by atoms with E-state index in [2.05, 4.69) is 27.8 Å². The molecule has 0 spiro atoms. The molecule has 2 aromatic rings. The number of amides is 1. The van der Waals surface area contributed by atoms with E-state index in [4.69, 9.17) is 0 Å². The summed E-state index contributed by atoms with van der Waals surface area (Å²) < 4.78 is 4.31. The maximum Gasteiger partial charge on any atom is 0.332 e. The van der Waals surface area contributed by atoms with Gasteiger partial charge in [-0.1, -0.05) is 6.92 Å². The Kier molecular flexibility index (Phi) is 4.37. The Hall–Kier alpha value is -1.90. The van der Waals surface area contributed by atoms with Crippen LogP contribution in [0.2, 0.25) is 0 Å². The summed E-state index contributed by atoms with van der Waals surface area (Å²) in [5.74, 6) is 0.605. The Morgan fingerprint density at radius 3 is 2.46 bits per heavy atom. The van der Waals surface area contributed by atoms with E-state index >= 15 is 0 Å². The smallest absolute Gasteiger partial charge is 0.332 e. The standard InChI is InChI=1S/C15H20BrN5O3/c1-9-4-6-20(7-5-9)10(22)8-21-12-11(17-14(21)16)13(23)19(3)15(24)18(12)2/h9H,4-8H2,1-3H3. The number of hydrogen-bond donors (Lipinski definition) is 0. The Balaban J connectivity index is 2.01. The molecule has 3 heterocycles. The highest BCUT2D eigenvalue weighted by atomic mass is 79.9. The fourth-order valence-corrected chi connectivity index (χ4v) is 3.57. The highest BCUT2D eigenvalue weighted by Gasteiger charge is 2.24. The van der Waals surface area contributed by atoms with Crippen molar-refractivity contribution >= 4 is 33.0 Å². The zero-order chi connectivity index (χ0) is 17.6. The predicted molar refractivity (Wildman–Crippen MR) is 92.9 cm³/mol. The SMILES string of the molecule is CC1CCN(C(=O)Cn2c(Br)nc3c(=O)n(C)c(=O)n(C)c32)CC1. The van der Waals surface area contributed by atoms with Crippen molar-refractivity contribution in [1.29, 1.82) is 0 Å². The minimum Gasteiger partial charge on any atom is -0.341 e. The number of aryl methyl sites for hydroxylation is 1. The van der Waals surface area contributed by atoms with Gasteiger partial charge in [-0.25, -0.2) is 9.78 Å². The number of piperidine rings is 1. The van der Waals surface area contributed by atoms with E-state index in [1.165, 1.54) is 11.6 Å². The summed E-state index contributed by atoms with van der Waals surface area (Å²) in [4.78, 5) is 43.0. The van der Waals surface area contributed by atoms with Crippen molar-refractivity contribution in [2.45, 2.75) is 26.3 Å². The first-order valence-electron chi connectivity index (χ1n) is 7.90. The molecule has 0 aliphatic carbocycles. The second kappa shape index (κ2) is 6.19. The molecule has 1 amide bonds. The number of fused-ring (bicyclic) bond motifs is 1. The quantitative estimate of drug-likeness (QED) is 0.689. The minimum atomic E-state index is -0.466. The molecule has 3 rings (SSSR count). The topological polar surface area (TPSA) is 82.1 Å². The third-order valence-electron chi connectivity index (χ3n) is 4.72. The van der Waals surface area contributed by atoms with Crippen LogP contribution in [-0.4, -0.2) is 42.6 Å². The molecule has 1 aliphatic rings. The summed E-state index contributed by atoms with van der Waals surface area (Å²) >= 11 is 3.31. The molecule has 0 bridgehead atoms. The van der Waals surface area contributed by atoms with Crippen molar-refractivity contribution in [3.8, 4) is 0 Å². The van der Waals surface area contributed by atoms with Crippen LogP contribution in [0.3, 0.4) is 0 Å². The fraction of sp³-hybridized carbons (Fsp3) is 0.600. The van der Waals surface area contributed by atoms with Crippen LogP contribution in [-0.2, 0) is 25.4 Å². The number of hydrogen-bond acceptors (Lipinski definition) is 4. The molecule has 0 N–H and O–H groups in total. The molecule has 9 heteroatoms. The van der Waals surface area contributed by atoms with E-state index in [0.717, 1.165) is 30.5 Å². The van der Waals surface area contributed by atoms with Gasteiger partial charge in [0.25, 0.3) is 5.56 Å². The van der Waals surface area contributed by atoms with Crippen LogP contribution < -0.4 is 11.2 Å². The molecule has 130 valence electrons. The van der Waals surface area contributed by atoms with Crippen molar-refractivity contribution in [3.63, 3.8) is 0 Å². The number of likely N-dealkylation sites (tertiary alicyclic amines) is 1. The second-order valence-corrected chi connectivity index (χ2v) is 7.12. The lowest BCUT2D eigenvalue weighted by atomic mass is 9.99. The number of carbonyl (C=O) groups excluding carboxylic acids is 1. The van der Waals surface area contributed by atoms with E-state index in [-0.39, 0.29) is 18.0 Å². The molecule has 1 aliphatic heterocycles. The van der Waals surface area contributed by atoms with Gasteiger partial charge in [0.1, 0.15) is 6.54 Å². The highest BCUT2D eigenvalue weighted by molar-refractivity contribution is 9.10. The van der Waals surface area contributed by atoms with E-state index in [0.29, 0.717) is 16.3 Å². The summed E-state index contributed by atoms with van der Waals surface area (Å²) in [6.45, 7) is 3.72. The first-order valence-corrected chi connectivity index (χ1v) is 8.70. The largest absolute Gasteiger partial charge is 0.341 e. The molecule has 24 heavy (non-hydrogen) atoms. The van der Waals surface area contributed by atoms with Gasteiger partial charge in [-0.3, -0.25) is 23.3 Å². The zero-order valence-electron chi connectivity index (χ0n) is 14.0. The van der Waals surface area contributed by atoms with Gasteiger partial charge in [-0.05, 0) is 34.7 Å². The Bertz CT molecular complexity index is 918. The van der Waals surface area contributed by atoms with Crippen molar-refractivity contribution in [2.24, 2.45) is 20.0 Å². The fourth-order valence-electron chi connectivity index (χ4n) is 3.10. The third-order valence-corrected chi connectivity index (χ3v) is 5.33. The molecule has 2 aromatic heterocycles. The normalized spacial score (nSPS) is 16.1. The van der Waals surface area contributed by atoms with Gasteiger partial charge in [0, 0.05) is 27.2 Å². The first-order chi connectivity index (χ1) is 11.3. The van der Waals surface area contributed by atoms with Crippen LogP contribution in [0.1, 0.15) is 19.8 Å². The Morgan fingerprint density at radius 2 is 1.83 bits per heavy atom. The highest BCUT2D eigenvalue weighted by Crippen LogP contribution is 2.19. The molecular weight excluding hydrogens is 378 g/mol. The van der Waals surface area contributed by atoms with Gasteiger partial charge in [-0.2, -0.15) is 0 Å². The van der Waals surface area contributed by atoms with E-state index in [9.17, 15) is 14.4 Å². The van der Waals surface area contributed by atoms with Crippen LogP contribution >= 0.6 is 15.9 Å². The zero-order valence-corrected chi connectivity index (χ0v) is 15.5.